The molecule has 0 aliphatic carbocycles. The molecule has 1 N–H and O–H groups in total. The van der Waals surface area contributed by atoms with E-state index >= 15 is 0 Å². The van der Waals surface area contributed by atoms with Gasteiger partial charge in [-0.3, -0.25) is 0 Å². The van der Waals surface area contributed by atoms with Crippen LogP contribution in [-0.2, 0) is 6.54 Å². The molecule has 24 heavy (non-hydrogen) atoms. The third-order valence-corrected chi connectivity index (χ3v) is 3.57. The Hall–Kier alpha value is -3.08. The molecular weight excluding hydrogens is 300 g/mol. The Morgan fingerprint density at radius 2 is 2.12 bits per heavy atom. The summed E-state index contributed by atoms with van der Waals surface area (Å²) in [5.41, 5.74) is 6.03. The zero-order valence-corrected chi connectivity index (χ0v) is 13.6. The molecule has 0 fully saturated rings. The van der Waals surface area contributed by atoms with E-state index in [1.54, 1.807) is 12.3 Å². The van der Waals surface area contributed by atoms with Crippen molar-refractivity contribution in [2.75, 3.05) is 12.0 Å². The van der Waals surface area contributed by atoms with Crippen molar-refractivity contribution in [2.24, 2.45) is 5.10 Å². The number of anilines is 1. The lowest BCUT2D eigenvalue weighted by molar-refractivity contribution is 0.363. The first kappa shape index (κ1) is 15.8. The Morgan fingerprint density at radius 3 is 2.96 bits per heavy atom. The van der Waals surface area contributed by atoms with Gasteiger partial charge in [-0.2, -0.15) is 5.10 Å². The minimum Gasteiger partial charge on any atom is -0.490 e. The van der Waals surface area contributed by atoms with Gasteiger partial charge in [0.2, 0.25) is 5.95 Å². The molecule has 0 saturated carbocycles. The molecule has 1 aromatic heterocycles. The molecule has 2 aromatic carbocycles. The van der Waals surface area contributed by atoms with Crippen molar-refractivity contribution in [2.45, 2.75) is 13.5 Å². The van der Waals surface area contributed by atoms with Gasteiger partial charge in [0, 0.05) is 6.54 Å². The molecule has 122 valence electrons. The van der Waals surface area contributed by atoms with E-state index in [1.165, 1.54) is 0 Å². The topological polar surface area (TPSA) is 51.4 Å². The predicted octanol–water partition coefficient (Wildman–Crippen LogP) is 4.07. The van der Waals surface area contributed by atoms with Gasteiger partial charge in [-0.1, -0.05) is 36.9 Å². The maximum Gasteiger partial charge on any atom is 0.224 e. The third-order valence-electron chi connectivity index (χ3n) is 3.57. The number of imidazole rings is 1. The molecule has 0 spiro atoms. The van der Waals surface area contributed by atoms with E-state index in [9.17, 15) is 0 Å². The number of nitrogens with one attached hydrogen (secondary N) is 1. The van der Waals surface area contributed by atoms with E-state index in [2.05, 4.69) is 39.6 Å². The second kappa shape index (κ2) is 7.46. The smallest absolute Gasteiger partial charge is 0.224 e. The molecule has 0 aliphatic rings. The summed E-state index contributed by atoms with van der Waals surface area (Å²) in [4.78, 5) is 4.58. The van der Waals surface area contributed by atoms with Crippen LogP contribution in [0, 0.1) is 0 Å². The highest BCUT2D eigenvalue weighted by Crippen LogP contribution is 2.19. The van der Waals surface area contributed by atoms with Crippen LogP contribution in [0.1, 0.15) is 12.5 Å². The second-order valence-corrected chi connectivity index (χ2v) is 5.21. The van der Waals surface area contributed by atoms with Crippen molar-refractivity contribution in [3.05, 3.63) is 66.7 Å². The lowest BCUT2D eigenvalue weighted by atomic mass is 10.2. The number of fused-ring (bicyclic) bond motifs is 1. The summed E-state index contributed by atoms with van der Waals surface area (Å²) in [5.74, 6) is 1.52. The fourth-order valence-electron chi connectivity index (χ4n) is 2.49. The number of hydrogen-bond donors (Lipinski definition) is 1. The molecule has 0 bridgehead atoms. The number of hydrazone groups is 1. The summed E-state index contributed by atoms with van der Waals surface area (Å²) in [7, 11) is 0. The average Bonchev–Trinajstić information content (AvgIpc) is 2.97. The summed E-state index contributed by atoms with van der Waals surface area (Å²) in [6.45, 7) is 7.04. The molecule has 5 nitrogen and oxygen atoms in total. The van der Waals surface area contributed by atoms with Gasteiger partial charge in [0.15, 0.2) is 0 Å². The van der Waals surface area contributed by atoms with Crippen LogP contribution in [0.3, 0.4) is 0 Å². The highest BCUT2D eigenvalue weighted by molar-refractivity contribution is 5.81. The molecule has 5 heteroatoms. The first-order valence-corrected chi connectivity index (χ1v) is 7.90. The Labute approximate surface area is 141 Å². The van der Waals surface area contributed by atoms with Gasteiger partial charge < -0.3 is 9.30 Å². The fourth-order valence-corrected chi connectivity index (χ4v) is 2.49. The van der Waals surface area contributed by atoms with Crippen molar-refractivity contribution >= 4 is 23.2 Å². The Balaban J connectivity index is 1.76. The normalized spacial score (nSPS) is 11.0. The maximum atomic E-state index is 5.52. The number of benzene rings is 2. The first-order chi connectivity index (χ1) is 11.8. The monoisotopic (exact) mass is 320 g/mol. The highest BCUT2D eigenvalue weighted by Gasteiger charge is 2.07. The number of ether oxygens (including phenoxy) is 1. The number of rotatable bonds is 7. The third kappa shape index (κ3) is 3.46. The summed E-state index contributed by atoms with van der Waals surface area (Å²) in [6, 6.07) is 15.8. The van der Waals surface area contributed by atoms with Gasteiger partial charge in [-0.15, -0.1) is 0 Å². The fraction of sp³-hybridized carbons (Fsp3) is 0.158. The number of para-hydroxylation sites is 2. The zero-order chi connectivity index (χ0) is 16.8. The molecule has 3 rings (SSSR count). The zero-order valence-electron chi connectivity index (χ0n) is 13.6. The SMILES string of the molecule is C=CCOc1cccc(/C=N\Nc2nc3ccccc3n2CC)c1. The predicted molar refractivity (Wildman–Crippen MR) is 98.8 cm³/mol. The van der Waals surface area contributed by atoms with Gasteiger partial charge >= 0.3 is 0 Å². The molecular formula is C19H20N4O. The van der Waals surface area contributed by atoms with Gasteiger partial charge in [0.1, 0.15) is 12.4 Å². The molecule has 0 radical (unpaired) electrons. The van der Waals surface area contributed by atoms with E-state index in [-0.39, 0.29) is 0 Å². The van der Waals surface area contributed by atoms with Crippen molar-refractivity contribution in [1.82, 2.24) is 9.55 Å². The van der Waals surface area contributed by atoms with Crippen LogP contribution >= 0.6 is 0 Å². The number of hydrogen-bond acceptors (Lipinski definition) is 4. The van der Waals surface area contributed by atoms with Crippen LogP contribution in [0.25, 0.3) is 11.0 Å². The molecule has 0 amide bonds. The molecule has 0 atom stereocenters. The highest BCUT2D eigenvalue weighted by atomic mass is 16.5. The van der Waals surface area contributed by atoms with E-state index in [1.807, 2.05) is 42.5 Å². The number of nitrogens with zero attached hydrogens (tertiary/aromatic N) is 3. The van der Waals surface area contributed by atoms with Crippen LogP contribution in [0.5, 0.6) is 5.75 Å². The lowest BCUT2D eigenvalue weighted by Gasteiger charge is -2.05. The van der Waals surface area contributed by atoms with Gasteiger partial charge in [-0.05, 0) is 36.8 Å². The van der Waals surface area contributed by atoms with E-state index in [4.69, 9.17) is 4.74 Å². The van der Waals surface area contributed by atoms with E-state index in [0.717, 1.165) is 34.8 Å². The average molecular weight is 320 g/mol. The van der Waals surface area contributed by atoms with Crippen molar-refractivity contribution < 1.29 is 4.74 Å². The lowest BCUT2D eigenvalue weighted by Crippen LogP contribution is -2.02. The van der Waals surface area contributed by atoms with Crippen molar-refractivity contribution in [3.8, 4) is 5.75 Å². The van der Waals surface area contributed by atoms with Gasteiger partial charge in [-0.25, -0.2) is 10.4 Å². The quantitative estimate of drug-likeness (QED) is 0.406. The van der Waals surface area contributed by atoms with Crippen LogP contribution in [0.15, 0.2) is 66.3 Å². The molecule has 3 aromatic rings. The van der Waals surface area contributed by atoms with Crippen LogP contribution in [-0.4, -0.2) is 22.4 Å². The van der Waals surface area contributed by atoms with Gasteiger partial charge in [0.05, 0.1) is 17.2 Å². The van der Waals surface area contributed by atoms with E-state index in [0.29, 0.717) is 6.61 Å². The minimum absolute atomic E-state index is 0.485. The molecule has 1 heterocycles. The Kier molecular flexibility index (Phi) is 4.91. The van der Waals surface area contributed by atoms with Crippen LogP contribution in [0.4, 0.5) is 5.95 Å². The second-order valence-electron chi connectivity index (χ2n) is 5.21. The standard InChI is InChI=1S/C19H20N4O/c1-3-12-24-16-9-7-8-15(13-16)14-20-22-19-21-17-10-5-6-11-18(17)23(19)4-2/h3,5-11,13-14H,1,4,12H2,2H3,(H,21,22)/b20-14-. The summed E-state index contributed by atoms with van der Waals surface area (Å²) >= 11 is 0. The summed E-state index contributed by atoms with van der Waals surface area (Å²) < 4.78 is 7.61. The molecule has 0 saturated heterocycles. The van der Waals surface area contributed by atoms with Crippen LogP contribution in [0.2, 0.25) is 0 Å². The molecule has 0 unspecified atom stereocenters. The minimum atomic E-state index is 0.485. The number of aromatic nitrogens is 2. The van der Waals surface area contributed by atoms with Crippen molar-refractivity contribution in [3.63, 3.8) is 0 Å². The van der Waals surface area contributed by atoms with Crippen molar-refractivity contribution in [1.29, 1.82) is 0 Å². The Bertz CT molecular complexity index is 867. The maximum absolute atomic E-state index is 5.52. The van der Waals surface area contributed by atoms with E-state index < -0.39 is 0 Å². The van der Waals surface area contributed by atoms with Crippen LogP contribution < -0.4 is 10.2 Å². The number of aryl methyl sites for hydroxylation is 1. The van der Waals surface area contributed by atoms with Gasteiger partial charge in [0.25, 0.3) is 0 Å². The first-order valence-electron chi connectivity index (χ1n) is 7.90. The largest absolute Gasteiger partial charge is 0.490 e. The Morgan fingerprint density at radius 1 is 1.25 bits per heavy atom. The molecule has 0 aliphatic heterocycles. The summed E-state index contributed by atoms with van der Waals surface area (Å²) in [6.07, 6.45) is 3.47. The summed E-state index contributed by atoms with van der Waals surface area (Å²) in [5, 5.41) is 4.30.